The third-order valence-corrected chi connectivity index (χ3v) is 6.12. The van der Waals surface area contributed by atoms with E-state index in [-0.39, 0.29) is 18.2 Å². The summed E-state index contributed by atoms with van der Waals surface area (Å²) in [5.74, 6) is 0. The predicted octanol–water partition coefficient (Wildman–Crippen LogP) is 1.97. The van der Waals surface area contributed by atoms with Crippen LogP contribution in [0.25, 0.3) is 0 Å². The van der Waals surface area contributed by atoms with Gasteiger partial charge in [0.15, 0.2) is 0 Å². The lowest BCUT2D eigenvalue weighted by molar-refractivity contribution is 0.127. The molecule has 23 heavy (non-hydrogen) atoms. The van der Waals surface area contributed by atoms with Crippen molar-refractivity contribution in [3.63, 3.8) is 0 Å². The molecular formula is C16H21N3O3S. The van der Waals surface area contributed by atoms with Crippen molar-refractivity contribution in [3.8, 4) is 0 Å². The molecule has 4 rings (SSSR count). The van der Waals surface area contributed by atoms with E-state index in [1.165, 1.54) is 35.3 Å². The van der Waals surface area contributed by atoms with Gasteiger partial charge in [-0.25, -0.2) is 9.59 Å². The molecule has 2 saturated heterocycles. The highest BCUT2D eigenvalue weighted by atomic mass is 32.1. The molecule has 6 nitrogen and oxygen atoms in total. The lowest BCUT2D eigenvalue weighted by Crippen LogP contribution is -2.55. The summed E-state index contributed by atoms with van der Waals surface area (Å²) >= 11 is 1.83. The summed E-state index contributed by atoms with van der Waals surface area (Å²) < 4.78 is 5.04. The molecule has 3 amide bonds. The van der Waals surface area contributed by atoms with Crippen molar-refractivity contribution in [2.45, 2.75) is 38.3 Å². The number of hydrogen-bond acceptors (Lipinski definition) is 4. The standard InChI is InChI=1S/C16H21N3O3S/c20-15(18-5-6-19-12(8-18)9-22-16(19)21)17-7-11-10-23-14-4-2-1-3-13(11)14/h10,12H,1-9H2,(H,17,20). The normalized spacial score (nSPS) is 23.3. The number of carbonyl (C=O) groups is 2. The van der Waals surface area contributed by atoms with Gasteiger partial charge in [-0.2, -0.15) is 0 Å². The van der Waals surface area contributed by atoms with Gasteiger partial charge < -0.3 is 15.0 Å². The molecule has 3 aliphatic rings. The second-order valence-electron chi connectivity index (χ2n) is 6.40. The van der Waals surface area contributed by atoms with Gasteiger partial charge in [-0.1, -0.05) is 0 Å². The number of nitrogens with zero attached hydrogens (tertiary/aromatic N) is 2. The first-order valence-electron chi connectivity index (χ1n) is 8.26. The Bertz CT molecular complexity index is 630. The zero-order valence-corrected chi connectivity index (χ0v) is 13.9. The maximum Gasteiger partial charge on any atom is 0.410 e. The Hall–Kier alpha value is -1.76. The summed E-state index contributed by atoms with van der Waals surface area (Å²) in [6.45, 7) is 2.68. The van der Waals surface area contributed by atoms with E-state index in [4.69, 9.17) is 4.74 Å². The molecule has 1 aromatic heterocycles. The van der Waals surface area contributed by atoms with E-state index < -0.39 is 0 Å². The van der Waals surface area contributed by atoms with Gasteiger partial charge in [0.05, 0.1) is 6.04 Å². The fourth-order valence-corrected chi connectivity index (χ4v) is 4.81. The summed E-state index contributed by atoms with van der Waals surface area (Å²) in [6.07, 6.45) is 4.62. The third kappa shape index (κ3) is 2.78. The van der Waals surface area contributed by atoms with Crippen molar-refractivity contribution in [1.29, 1.82) is 0 Å². The zero-order chi connectivity index (χ0) is 15.8. The number of hydrogen-bond donors (Lipinski definition) is 1. The Morgan fingerprint density at radius 1 is 1.35 bits per heavy atom. The van der Waals surface area contributed by atoms with E-state index >= 15 is 0 Å². The molecule has 2 aliphatic heterocycles. The minimum Gasteiger partial charge on any atom is -0.447 e. The van der Waals surface area contributed by atoms with Crippen LogP contribution in [0.5, 0.6) is 0 Å². The van der Waals surface area contributed by atoms with Crippen LogP contribution in [0.2, 0.25) is 0 Å². The first-order chi connectivity index (χ1) is 11.2. The number of rotatable bonds is 2. The third-order valence-electron chi connectivity index (χ3n) is 4.98. The van der Waals surface area contributed by atoms with Crippen molar-refractivity contribution >= 4 is 23.5 Å². The van der Waals surface area contributed by atoms with Crippen molar-refractivity contribution in [3.05, 3.63) is 21.4 Å². The van der Waals surface area contributed by atoms with E-state index in [0.29, 0.717) is 32.8 Å². The number of fused-ring (bicyclic) bond motifs is 2. The van der Waals surface area contributed by atoms with E-state index in [2.05, 4.69) is 10.7 Å². The topological polar surface area (TPSA) is 61.9 Å². The smallest absolute Gasteiger partial charge is 0.410 e. The maximum atomic E-state index is 12.4. The second kappa shape index (κ2) is 6.03. The number of urea groups is 1. The van der Waals surface area contributed by atoms with Crippen molar-refractivity contribution in [1.82, 2.24) is 15.1 Å². The summed E-state index contributed by atoms with van der Waals surface area (Å²) in [4.78, 5) is 28.9. The Kier molecular flexibility index (Phi) is 3.88. The minimum atomic E-state index is -0.250. The van der Waals surface area contributed by atoms with Crippen LogP contribution in [0.15, 0.2) is 5.38 Å². The molecule has 1 unspecified atom stereocenters. The molecule has 1 aliphatic carbocycles. The molecule has 1 atom stereocenters. The van der Waals surface area contributed by atoms with Gasteiger partial charge >= 0.3 is 12.1 Å². The Morgan fingerprint density at radius 2 is 2.22 bits per heavy atom. The average molecular weight is 335 g/mol. The Morgan fingerprint density at radius 3 is 3.13 bits per heavy atom. The number of nitrogens with one attached hydrogen (secondary N) is 1. The SMILES string of the molecule is O=C(NCc1csc2c1CCCC2)N1CCN2C(=O)OCC2C1. The first kappa shape index (κ1) is 14.8. The maximum absolute atomic E-state index is 12.4. The fraction of sp³-hybridized carbons (Fsp3) is 0.625. The van der Waals surface area contributed by atoms with Gasteiger partial charge in [0.25, 0.3) is 0 Å². The van der Waals surface area contributed by atoms with Crippen LogP contribution < -0.4 is 5.32 Å². The van der Waals surface area contributed by atoms with E-state index in [9.17, 15) is 9.59 Å². The fourth-order valence-electron chi connectivity index (χ4n) is 3.66. The minimum absolute atomic E-state index is 0.0101. The molecule has 0 aromatic carbocycles. The number of carbonyl (C=O) groups excluding carboxylic acids is 2. The molecule has 0 bridgehead atoms. The molecule has 1 aromatic rings. The highest BCUT2D eigenvalue weighted by Gasteiger charge is 2.38. The quantitative estimate of drug-likeness (QED) is 0.899. The number of aryl methyl sites for hydroxylation is 1. The summed E-state index contributed by atoms with van der Waals surface area (Å²) in [7, 11) is 0. The van der Waals surface area contributed by atoms with Gasteiger partial charge in [-0.3, -0.25) is 4.90 Å². The van der Waals surface area contributed by atoms with Crippen LogP contribution in [-0.2, 0) is 24.1 Å². The second-order valence-corrected chi connectivity index (χ2v) is 7.36. The number of cyclic esters (lactones) is 1. The van der Waals surface area contributed by atoms with Gasteiger partial charge in [0.1, 0.15) is 6.61 Å². The molecule has 124 valence electrons. The number of amides is 3. The Labute approximate surface area is 139 Å². The summed E-state index contributed by atoms with van der Waals surface area (Å²) in [5.41, 5.74) is 2.73. The lowest BCUT2D eigenvalue weighted by atomic mass is 9.96. The van der Waals surface area contributed by atoms with Crippen molar-refractivity contribution < 1.29 is 14.3 Å². The van der Waals surface area contributed by atoms with Crippen LogP contribution in [0.4, 0.5) is 9.59 Å². The lowest BCUT2D eigenvalue weighted by Gasteiger charge is -2.35. The van der Waals surface area contributed by atoms with Gasteiger partial charge in [0, 0.05) is 31.1 Å². The monoisotopic (exact) mass is 335 g/mol. The Balaban J connectivity index is 1.34. The van der Waals surface area contributed by atoms with Crippen LogP contribution in [-0.4, -0.2) is 54.2 Å². The molecule has 0 radical (unpaired) electrons. The first-order valence-corrected chi connectivity index (χ1v) is 9.14. The van der Waals surface area contributed by atoms with Crippen molar-refractivity contribution in [2.24, 2.45) is 0 Å². The molecule has 3 heterocycles. The summed E-state index contributed by atoms with van der Waals surface area (Å²) in [6, 6.07) is -0.0318. The van der Waals surface area contributed by atoms with E-state index in [0.717, 1.165) is 6.42 Å². The van der Waals surface area contributed by atoms with Crippen LogP contribution >= 0.6 is 11.3 Å². The van der Waals surface area contributed by atoms with E-state index in [1.54, 1.807) is 9.80 Å². The number of thiophene rings is 1. The van der Waals surface area contributed by atoms with Gasteiger partial charge in [-0.05, 0) is 42.2 Å². The summed E-state index contributed by atoms with van der Waals surface area (Å²) in [5, 5.41) is 5.24. The number of piperazine rings is 1. The van der Waals surface area contributed by atoms with Gasteiger partial charge in [-0.15, -0.1) is 11.3 Å². The van der Waals surface area contributed by atoms with E-state index in [1.807, 2.05) is 11.3 Å². The molecule has 0 spiro atoms. The van der Waals surface area contributed by atoms with Crippen LogP contribution in [0.3, 0.4) is 0 Å². The van der Waals surface area contributed by atoms with Crippen molar-refractivity contribution in [2.75, 3.05) is 26.2 Å². The average Bonchev–Trinajstić information content (AvgIpc) is 3.16. The van der Waals surface area contributed by atoms with Crippen LogP contribution in [0.1, 0.15) is 28.8 Å². The molecule has 7 heteroatoms. The largest absolute Gasteiger partial charge is 0.447 e. The van der Waals surface area contributed by atoms with Crippen LogP contribution in [0, 0.1) is 0 Å². The number of ether oxygens (including phenoxy) is 1. The molecule has 2 fully saturated rings. The molecular weight excluding hydrogens is 314 g/mol. The highest BCUT2D eigenvalue weighted by Crippen LogP contribution is 2.30. The predicted molar refractivity (Wildman–Crippen MR) is 86.6 cm³/mol. The molecule has 1 N–H and O–H groups in total. The van der Waals surface area contributed by atoms with Gasteiger partial charge in [0.2, 0.25) is 0 Å². The highest BCUT2D eigenvalue weighted by molar-refractivity contribution is 7.10. The molecule has 0 saturated carbocycles. The zero-order valence-electron chi connectivity index (χ0n) is 13.0.